The second-order valence-corrected chi connectivity index (χ2v) is 7.24. The van der Waals surface area contributed by atoms with Crippen molar-refractivity contribution in [2.75, 3.05) is 32.7 Å². The lowest BCUT2D eigenvalue weighted by molar-refractivity contribution is 0.206. The first-order valence-electron chi connectivity index (χ1n) is 5.99. The smallest absolute Gasteiger partial charge is 0.246 e. The van der Waals surface area contributed by atoms with Crippen LogP contribution in [0.25, 0.3) is 0 Å². The van der Waals surface area contributed by atoms with Gasteiger partial charge in [0.15, 0.2) is 0 Å². The molecule has 1 aromatic carbocycles. The van der Waals surface area contributed by atoms with Crippen molar-refractivity contribution < 1.29 is 12.8 Å². The summed E-state index contributed by atoms with van der Waals surface area (Å²) in [6, 6.07) is 5.89. The van der Waals surface area contributed by atoms with Gasteiger partial charge in [-0.1, -0.05) is 15.9 Å². The first-order valence-corrected chi connectivity index (χ1v) is 8.23. The van der Waals surface area contributed by atoms with Gasteiger partial charge in [0.25, 0.3) is 0 Å². The summed E-state index contributed by atoms with van der Waals surface area (Å²) in [5, 5.41) is 8.61. The minimum Gasteiger partial charge on any atom is -0.288 e. The largest absolute Gasteiger partial charge is 0.288 e. The van der Waals surface area contributed by atoms with Gasteiger partial charge < -0.3 is 0 Å². The quantitative estimate of drug-likeness (QED) is 0.763. The molecule has 1 heterocycles. The SMILES string of the molecule is N#CCN1CCN(S(=O)(=O)c2cc(Br)ccc2F)CC1. The third-order valence-corrected chi connectivity index (χ3v) is 5.54. The summed E-state index contributed by atoms with van der Waals surface area (Å²) in [5.41, 5.74) is 0. The lowest BCUT2D eigenvalue weighted by Gasteiger charge is -2.32. The molecule has 0 saturated carbocycles. The Balaban J connectivity index is 2.20. The summed E-state index contributed by atoms with van der Waals surface area (Å²) in [6.07, 6.45) is 0. The summed E-state index contributed by atoms with van der Waals surface area (Å²) >= 11 is 3.15. The highest BCUT2D eigenvalue weighted by Gasteiger charge is 2.30. The Morgan fingerprint density at radius 2 is 1.95 bits per heavy atom. The Hall–Kier alpha value is -1.01. The van der Waals surface area contributed by atoms with Crippen LogP contribution in [0.2, 0.25) is 0 Å². The number of rotatable bonds is 3. The fourth-order valence-corrected chi connectivity index (χ4v) is 4.07. The molecule has 1 aliphatic heterocycles. The van der Waals surface area contributed by atoms with Gasteiger partial charge in [0.05, 0.1) is 12.6 Å². The van der Waals surface area contributed by atoms with Crippen molar-refractivity contribution in [3.63, 3.8) is 0 Å². The van der Waals surface area contributed by atoms with Crippen LogP contribution in [-0.4, -0.2) is 50.3 Å². The summed E-state index contributed by atoms with van der Waals surface area (Å²) < 4.78 is 40.3. The van der Waals surface area contributed by atoms with E-state index in [0.717, 1.165) is 6.07 Å². The number of sulfonamides is 1. The fourth-order valence-electron chi connectivity index (χ4n) is 2.04. The van der Waals surface area contributed by atoms with Crippen molar-refractivity contribution in [1.29, 1.82) is 5.26 Å². The maximum Gasteiger partial charge on any atom is 0.246 e. The average Bonchev–Trinajstić information content (AvgIpc) is 2.42. The molecule has 0 unspecified atom stereocenters. The van der Waals surface area contributed by atoms with Gasteiger partial charge in [-0.15, -0.1) is 0 Å². The van der Waals surface area contributed by atoms with Gasteiger partial charge in [-0.3, -0.25) is 4.90 Å². The van der Waals surface area contributed by atoms with Crippen LogP contribution >= 0.6 is 15.9 Å². The predicted octanol–water partition coefficient (Wildman–Crippen LogP) is 1.42. The van der Waals surface area contributed by atoms with Crippen LogP contribution in [0.5, 0.6) is 0 Å². The van der Waals surface area contributed by atoms with Crippen LogP contribution < -0.4 is 0 Å². The molecule has 0 bridgehead atoms. The second-order valence-electron chi connectivity index (χ2n) is 4.41. The third kappa shape index (κ3) is 3.17. The van der Waals surface area contributed by atoms with Crippen molar-refractivity contribution in [1.82, 2.24) is 9.21 Å². The highest BCUT2D eigenvalue weighted by Crippen LogP contribution is 2.24. The number of nitrogens with zero attached hydrogens (tertiary/aromatic N) is 3. The normalized spacial score (nSPS) is 17.9. The molecule has 8 heteroatoms. The zero-order chi connectivity index (χ0) is 14.8. The lowest BCUT2D eigenvalue weighted by Crippen LogP contribution is -2.48. The summed E-state index contributed by atoms with van der Waals surface area (Å²) in [7, 11) is -3.83. The first-order chi connectivity index (χ1) is 9.45. The van der Waals surface area contributed by atoms with Crippen molar-refractivity contribution in [3.05, 3.63) is 28.5 Å². The van der Waals surface area contributed by atoms with Gasteiger partial charge in [0.1, 0.15) is 10.7 Å². The maximum absolute atomic E-state index is 13.7. The summed E-state index contributed by atoms with van der Waals surface area (Å²) in [6.45, 7) is 1.75. The molecule has 0 spiro atoms. The molecule has 5 nitrogen and oxygen atoms in total. The fraction of sp³-hybridized carbons (Fsp3) is 0.417. The van der Waals surface area contributed by atoms with Crippen LogP contribution in [0.15, 0.2) is 27.6 Å². The molecule has 20 heavy (non-hydrogen) atoms. The van der Waals surface area contributed by atoms with E-state index in [2.05, 4.69) is 15.9 Å². The minimum atomic E-state index is -3.83. The second kappa shape index (κ2) is 6.18. The molecule has 0 amide bonds. The molecule has 1 aliphatic rings. The summed E-state index contributed by atoms with van der Waals surface area (Å²) in [4.78, 5) is 1.55. The number of piperazine rings is 1. The Morgan fingerprint density at radius 1 is 1.30 bits per heavy atom. The van der Waals surface area contributed by atoms with Gasteiger partial charge in [-0.2, -0.15) is 9.57 Å². The molecule has 0 atom stereocenters. The number of benzene rings is 1. The van der Waals surface area contributed by atoms with Crippen LogP contribution in [0, 0.1) is 17.1 Å². The van der Waals surface area contributed by atoms with E-state index in [1.165, 1.54) is 16.4 Å². The Labute approximate surface area is 125 Å². The maximum atomic E-state index is 13.7. The Kier molecular flexibility index (Phi) is 4.75. The van der Waals surface area contributed by atoms with E-state index in [9.17, 15) is 12.8 Å². The molecule has 0 aromatic heterocycles. The number of hydrogen-bond donors (Lipinski definition) is 0. The van der Waals surface area contributed by atoms with E-state index in [1.54, 1.807) is 0 Å². The molecule has 0 N–H and O–H groups in total. The van der Waals surface area contributed by atoms with Crippen LogP contribution in [0.1, 0.15) is 0 Å². The topological polar surface area (TPSA) is 64.4 Å². The molecule has 1 fully saturated rings. The summed E-state index contributed by atoms with van der Waals surface area (Å²) in [5.74, 6) is -0.757. The molecule has 108 valence electrons. The van der Waals surface area contributed by atoms with Gasteiger partial charge in [-0.25, -0.2) is 12.8 Å². The minimum absolute atomic E-state index is 0.260. The third-order valence-electron chi connectivity index (χ3n) is 3.14. The zero-order valence-electron chi connectivity index (χ0n) is 10.6. The van der Waals surface area contributed by atoms with E-state index in [4.69, 9.17) is 5.26 Å². The van der Waals surface area contributed by atoms with Crippen molar-refractivity contribution >= 4 is 26.0 Å². The standard InChI is InChI=1S/C12H13BrFN3O2S/c13-10-1-2-11(14)12(9-10)20(18,19)17-7-5-16(4-3-15)6-8-17/h1-2,9H,4-8H2. The molecule has 0 aliphatic carbocycles. The van der Waals surface area contributed by atoms with Crippen LogP contribution in [0.4, 0.5) is 4.39 Å². The predicted molar refractivity (Wildman–Crippen MR) is 74.9 cm³/mol. The molecular formula is C12H13BrFN3O2S. The first kappa shape index (κ1) is 15.4. The monoisotopic (exact) mass is 361 g/mol. The van der Waals surface area contributed by atoms with Gasteiger partial charge in [0, 0.05) is 30.7 Å². The van der Waals surface area contributed by atoms with Gasteiger partial charge in [-0.05, 0) is 18.2 Å². The van der Waals surface area contributed by atoms with Gasteiger partial charge >= 0.3 is 0 Å². The highest BCUT2D eigenvalue weighted by atomic mass is 79.9. The van der Waals surface area contributed by atoms with E-state index >= 15 is 0 Å². The van der Waals surface area contributed by atoms with Crippen molar-refractivity contribution in [2.24, 2.45) is 0 Å². The Bertz CT molecular complexity index is 637. The molecule has 1 saturated heterocycles. The van der Waals surface area contributed by atoms with Crippen molar-refractivity contribution in [2.45, 2.75) is 4.90 Å². The van der Waals surface area contributed by atoms with E-state index in [1.807, 2.05) is 11.0 Å². The number of hydrogen-bond acceptors (Lipinski definition) is 4. The van der Waals surface area contributed by atoms with Crippen LogP contribution in [-0.2, 0) is 10.0 Å². The number of nitriles is 1. The van der Waals surface area contributed by atoms with E-state index in [-0.39, 0.29) is 24.5 Å². The molecular weight excluding hydrogens is 349 g/mol. The molecule has 0 radical (unpaired) electrons. The van der Waals surface area contributed by atoms with E-state index in [0.29, 0.717) is 17.6 Å². The highest BCUT2D eigenvalue weighted by molar-refractivity contribution is 9.10. The van der Waals surface area contributed by atoms with E-state index < -0.39 is 15.8 Å². The number of halogens is 2. The lowest BCUT2D eigenvalue weighted by atomic mass is 10.3. The average molecular weight is 362 g/mol. The van der Waals surface area contributed by atoms with Crippen LogP contribution in [0.3, 0.4) is 0 Å². The van der Waals surface area contributed by atoms with Gasteiger partial charge in [0.2, 0.25) is 10.0 Å². The molecule has 1 aromatic rings. The zero-order valence-corrected chi connectivity index (χ0v) is 13.0. The molecule has 2 rings (SSSR count). The Morgan fingerprint density at radius 3 is 2.55 bits per heavy atom. The van der Waals surface area contributed by atoms with Crippen molar-refractivity contribution in [3.8, 4) is 6.07 Å².